The summed E-state index contributed by atoms with van der Waals surface area (Å²) in [6.45, 7) is 4.10. The largest absolute Gasteiger partial charge is 0.351 e. The Hall–Kier alpha value is -0.650. The number of quaternary nitrogens is 1. The maximum atomic E-state index is 6.13. The van der Waals surface area contributed by atoms with Gasteiger partial charge in [-0.3, -0.25) is 4.48 Å². The lowest BCUT2D eigenvalue weighted by Crippen LogP contribution is -2.60. The van der Waals surface area contributed by atoms with Crippen LogP contribution in [0.15, 0.2) is 24.3 Å². The second-order valence-electron chi connectivity index (χ2n) is 4.93. The third kappa shape index (κ3) is 3.46. The Balaban J connectivity index is 2.28. The van der Waals surface area contributed by atoms with Crippen LogP contribution in [0.2, 0.25) is 5.02 Å². The van der Waals surface area contributed by atoms with Gasteiger partial charge in [-0.25, -0.2) is 0 Å². The molecule has 0 aliphatic carbocycles. The number of benzene rings is 1. The Bertz CT molecular complexity index is 416. The second-order valence-corrected chi connectivity index (χ2v) is 5.37. The molecular weight excluding hydrogens is 264 g/mol. The zero-order valence-corrected chi connectivity index (χ0v) is 12.1. The Labute approximate surface area is 119 Å². The Morgan fingerprint density at radius 3 is 3.05 bits per heavy atom. The van der Waals surface area contributed by atoms with Gasteiger partial charge in [-0.05, 0) is 18.7 Å². The van der Waals surface area contributed by atoms with Crippen LogP contribution >= 0.6 is 11.6 Å². The monoisotopic (exact) mass is 285 g/mol. The van der Waals surface area contributed by atoms with Gasteiger partial charge in [0.25, 0.3) is 0 Å². The molecule has 1 aromatic rings. The van der Waals surface area contributed by atoms with Gasteiger partial charge < -0.3 is 15.2 Å². The maximum absolute atomic E-state index is 6.13. The van der Waals surface area contributed by atoms with Crippen molar-refractivity contribution in [2.45, 2.75) is 12.7 Å². The quantitative estimate of drug-likeness (QED) is 0.842. The Kier molecular flexibility index (Phi) is 5.19. The number of nitrogens with two attached hydrogens (primary N) is 1. The molecule has 2 atom stereocenters. The summed E-state index contributed by atoms with van der Waals surface area (Å²) in [5, 5.41) is 0.767. The molecule has 2 unspecified atom stereocenters. The lowest BCUT2D eigenvalue weighted by Gasteiger charge is -2.43. The van der Waals surface area contributed by atoms with Crippen LogP contribution in [0.1, 0.15) is 6.42 Å². The highest BCUT2D eigenvalue weighted by Crippen LogP contribution is 2.29. The maximum Gasteiger partial charge on any atom is 0.207 e. The van der Waals surface area contributed by atoms with Gasteiger partial charge in [-0.2, -0.15) is 0 Å². The normalized spacial score (nSPS) is 27.4. The fourth-order valence-electron chi connectivity index (χ4n) is 2.66. The number of nitrogens with zero attached hydrogens (tertiary/aromatic N) is 1. The zero-order valence-electron chi connectivity index (χ0n) is 11.3. The van der Waals surface area contributed by atoms with E-state index in [0.29, 0.717) is 13.2 Å². The molecule has 0 spiro atoms. The summed E-state index contributed by atoms with van der Waals surface area (Å²) in [7, 11) is 1.69. The molecule has 0 amide bonds. The molecule has 2 N–H and O–H groups in total. The van der Waals surface area contributed by atoms with Crippen molar-refractivity contribution in [1.29, 1.82) is 0 Å². The predicted octanol–water partition coefficient (Wildman–Crippen LogP) is 2.00. The van der Waals surface area contributed by atoms with E-state index in [1.807, 2.05) is 18.2 Å². The first kappa shape index (κ1) is 14.8. The number of morpholine rings is 1. The first-order valence-corrected chi connectivity index (χ1v) is 7.05. The first-order valence-electron chi connectivity index (χ1n) is 6.67. The lowest BCUT2D eigenvalue weighted by molar-refractivity contribution is -0.162. The van der Waals surface area contributed by atoms with Crippen LogP contribution in [0.3, 0.4) is 0 Å². The van der Waals surface area contributed by atoms with Crippen LogP contribution in [0.5, 0.6) is 0 Å². The number of rotatable bonds is 5. The van der Waals surface area contributed by atoms with E-state index in [1.54, 1.807) is 7.11 Å². The molecule has 0 aromatic heterocycles. The van der Waals surface area contributed by atoms with Crippen molar-refractivity contribution >= 4 is 17.3 Å². The summed E-state index contributed by atoms with van der Waals surface area (Å²) in [4.78, 5) is 0. The summed E-state index contributed by atoms with van der Waals surface area (Å²) in [5.41, 5.74) is 6.90. The van der Waals surface area contributed by atoms with Crippen LogP contribution in [0.4, 0.5) is 5.69 Å². The summed E-state index contributed by atoms with van der Waals surface area (Å²) in [6, 6.07) is 8.06. The standard InChI is InChI=1S/C14H22ClN2O2/c1-18-14-11-17(7-3-6-16,8-9-19-14)13-5-2-4-12(15)10-13/h2,4-5,10,14H,3,6-9,11,16H2,1H3/q+1. The van der Waals surface area contributed by atoms with Gasteiger partial charge >= 0.3 is 0 Å². The molecule has 0 radical (unpaired) electrons. The summed E-state index contributed by atoms with van der Waals surface area (Å²) < 4.78 is 11.8. The van der Waals surface area contributed by atoms with E-state index in [2.05, 4.69) is 6.07 Å². The van der Waals surface area contributed by atoms with E-state index in [-0.39, 0.29) is 6.29 Å². The average Bonchev–Trinajstić information content (AvgIpc) is 2.45. The van der Waals surface area contributed by atoms with Crippen molar-refractivity contribution in [3.05, 3.63) is 29.3 Å². The second kappa shape index (κ2) is 6.68. The minimum Gasteiger partial charge on any atom is -0.351 e. The number of hydrogen-bond acceptors (Lipinski definition) is 3. The number of ether oxygens (including phenoxy) is 2. The predicted molar refractivity (Wildman–Crippen MR) is 78.3 cm³/mol. The minimum atomic E-state index is -0.162. The smallest absolute Gasteiger partial charge is 0.207 e. The summed E-state index contributed by atoms with van der Waals surface area (Å²) in [6.07, 6.45) is 0.814. The van der Waals surface area contributed by atoms with E-state index in [9.17, 15) is 0 Å². The summed E-state index contributed by atoms with van der Waals surface area (Å²) >= 11 is 6.13. The molecule has 1 aliphatic rings. The molecule has 1 aromatic carbocycles. The van der Waals surface area contributed by atoms with Crippen LogP contribution < -0.4 is 10.2 Å². The third-order valence-electron chi connectivity index (χ3n) is 3.73. The van der Waals surface area contributed by atoms with Crippen molar-refractivity contribution < 1.29 is 9.47 Å². The molecule has 4 nitrogen and oxygen atoms in total. The third-order valence-corrected chi connectivity index (χ3v) is 3.97. The van der Waals surface area contributed by atoms with Gasteiger partial charge in [0, 0.05) is 24.6 Å². The van der Waals surface area contributed by atoms with Gasteiger partial charge in [0.1, 0.15) is 18.8 Å². The minimum absolute atomic E-state index is 0.162. The van der Waals surface area contributed by atoms with Crippen molar-refractivity contribution in [3.63, 3.8) is 0 Å². The van der Waals surface area contributed by atoms with Gasteiger partial charge in [0.2, 0.25) is 6.29 Å². The number of hydrogen-bond donors (Lipinski definition) is 1. The average molecular weight is 286 g/mol. The van der Waals surface area contributed by atoms with Crippen LogP contribution in [0, 0.1) is 0 Å². The van der Waals surface area contributed by atoms with E-state index in [0.717, 1.165) is 35.6 Å². The molecule has 106 valence electrons. The topological polar surface area (TPSA) is 44.5 Å². The molecule has 0 saturated carbocycles. The zero-order chi connectivity index (χ0) is 13.7. The number of methoxy groups -OCH3 is 1. The Morgan fingerprint density at radius 2 is 2.37 bits per heavy atom. The molecule has 1 saturated heterocycles. The highest BCUT2D eigenvalue weighted by atomic mass is 35.5. The van der Waals surface area contributed by atoms with Gasteiger partial charge in [-0.1, -0.05) is 17.7 Å². The SMILES string of the molecule is COC1C[N+](CCCN)(c2cccc(Cl)c2)CCO1. The van der Waals surface area contributed by atoms with Gasteiger partial charge in [-0.15, -0.1) is 0 Å². The van der Waals surface area contributed by atoms with E-state index in [4.69, 9.17) is 26.8 Å². The van der Waals surface area contributed by atoms with Crippen LogP contribution in [-0.2, 0) is 9.47 Å². The molecule has 1 heterocycles. The molecule has 0 bridgehead atoms. The lowest BCUT2D eigenvalue weighted by atomic mass is 10.1. The highest BCUT2D eigenvalue weighted by molar-refractivity contribution is 6.30. The van der Waals surface area contributed by atoms with Gasteiger partial charge in [0.15, 0.2) is 0 Å². The fourth-order valence-corrected chi connectivity index (χ4v) is 2.85. The fraction of sp³-hybridized carbons (Fsp3) is 0.571. The van der Waals surface area contributed by atoms with Crippen molar-refractivity contribution in [2.75, 3.05) is 39.9 Å². The highest BCUT2D eigenvalue weighted by Gasteiger charge is 2.37. The van der Waals surface area contributed by atoms with Gasteiger partial charge in [0.05, 0.1) is 13.2 Å². The van der Waals surface area contributed by atoms with E-state index < -0.39 is 0 Å². The van der Waals surface area contributed by atoms with E-state index in [1.165, 1.54) is 5.69 Å². The molecule has 5 heteroatoms. The molecule has 2 rings (SSSR count). The van der Waals surface area contributed by atoms with Crippen molar-refractivity contribution in [2.24, 2.45) is 5.73 Å². The molecule has 1 fully saturated rings. The van der Waals surface area contributed by atoms with Crippen LogP contribution in [-0.4, -0.2) is 46.2 Å². The Morgan fingerprint density at radius 1 is 1.53 bits per heavy atom. The van der Waals surface area contributed by atoms with Crippen molar-refractivity contribution in [3.8, 4) is 0 Å². The summed E-state index contributed by atoms with van der Waals surface area (Å²) in [5.74, 6) is 0. The van der Waals surface area contributed by atoms with E-state index >= 15 is 0 Å². The molecule has 1 aliphatic heterocycles. The molecule has 19 heavy (non-hydrogen) atoms. The van der Waals surface area contributed by atoms with Crippen molar-refractivity contribution in [1.82, 2.24) is 4.48 Å². The molecular formula is C14H22ClN2O2+. The van der Waals surface area contributed by atoms with Crippen LogP contribution in [0.25, 0.3) is 0 Å². The first-order chi connectivity index (χ1) is 9.20. The number of halogens is 1.